The Morgan fingerprint density at radius 1 is 1.22 bits per heavy atom. The molecule has 1 aliphatic heterocycles. The molecule has 0 saturated carbocycles. The molecule has 0 unspecified atom stereocenters. The van der Waals surface area contributed by atoms with E-state index in [1.165, 1.54) is 5.56 Å². The highest BCUT2D eigenvalue weighted by Crippen LogP contribution is 2.27. The van der Waals surface area contributed by atoms with Gasteiger partial charge in [-0.15, -0.1) is 6.58 Å². The molecule has 1 saturated heterocycles. The molecule has 0 aromatic heterocycles. The second-order valence-corrected chi connectivity index (χ2v) is 8.94. The quantitative estimate of drug-likeness (QED) is 0.383. The summed E-state index contributed by atoms with van der Waals surface area (Å²) in [5.41, 5.74) is 2.33. The van der Waals surface area contributed by atoms with Crippen molar-refractivity contribution in [2.75, 3.05) is 26.2 Å². The van der Waals surface area contributed by atoms with Crippen molar-refractivity contribution in [1.82, 2.24) is 9.80 Å². The molecule has 0 aliphatic carbocycles. The number of halogens is 1. The average molecular weight is 455 g/mol. The molecule has 1 heterocycles. The van der Waals surface area contributed by atoms with Gasteiger partial charge in [-0.05, 0) is 61.4 Å². The van der Waals surface area contributed by atoms with Gasteiger partial charge >= 0.3 is 6.09 Å². The van der Waals surface area contributed by atoms with Crippen molar-refractivity contribution in [2.45, 2.75) is 51.2 Å². The lowest BCUT2D eigenvalue weighted by Crippen LogP contribution is -2.47. The molecule has 1 fully saturated rings. The first-order valence-corrected chi connectivity index (χ1v) is 12.0. The van der Waals surface area contributed by atoms with Crippen LogP contribution in [0.3, 0.4) is 0 Å². The van der Waals surface area contributed by atoms with Crippen LogP contribution in [0.1, 0.15) is 49.7 Å². The molecule has 2 aromatic rings. The lowest BCUT2D eigenvalue weighted by Gasteiger charge is -2.38. The number of carbonyl (C=O) groups is 1. The summed E-state index contributed by atoms with van der Waals surface area (Å²) in [5, 5.41) is 0.809. The summed E-state index contributed by atoms with van der Waals surface area (Å²) in [6.07, 6.45) is 5.69. The van der Waals surface area contributed by atoms with E-state index in [1.807, 2.05) is 47.4 Å². The van der Waals surface area contributed by atoms with Crippen LogP contribution in [-0.4, -0.2) is 48.1 Å². The lowest BCUT2D eigenvalue weighted by atomic mass is 9.92. The largest absolute Gasteiger partial charge is 0.445 e. The smallest absolute Gasteiger partial charge is 0.410 e. The molecule has 0 radical (unpaired) electrons. The van der Waals surface area contributed by atoms with Gasteiger partial charge in [0.05, 0.1) is 0 Å². The maximum atomic E-state index is 12.8. The van der Waals surface area contributed by atoms with Crippen LogP contribution >= 0.6 is 11.6 Å². The molecule has 3 rings (SSSR count). The zero-order valence-corrected chi connectivity index (χ0v) is 19.8. The number of carbonyl (C=O) groups excluding carboxylic acids is 1. The Labute approximate surface area is 197 Å². The Kier molecular flexibility index (Phi) is 9.63. The van der Waals surface area contributed by atoms with Gasteiger partial charge in [-0.2, -0.15) is 0 Å². The molecule has 1 atom stereocenters. The lowest BCUT2D eigenvalue weighted by molar-refractivity contribution is 0.0655. The summed E-state index contributed by atoms with van der Waals surface area (Å²) in [6, 6.07) is 18.2. The van der Waals surface area contributed by atoms with Crippen LogP contribution in [0.2, 0.25) is 5.02 Å². The van der Waals surface area contributed by atoms with Crippen LogP contribution in [0.5, 0.6) is 0 Å². The maximum Gasteiger partial charge on any atom is 0.410 e. The Balaban J connectivity index is 1.47. The summed E-state index contributed by atoms with van der Waals surface area (Å²) in [7, 11) is 0. The standard InChI is InChI=1S/C27H35ClN2O2/c1-3-16-30(27(31)32-21-22-9-6-5-7-10-22)26-14-18-29(19-15-26)17-13-23(4-2)24-11-8-12-25(28)20-24/h3,5-12,20,23,26H,1,4,13-19,21H2,2H3/t23-/m0/s1. The summed E-state index contributed by atoms with van der Waals surface area (Å²) in [6.45, 7) is 9.96. The number of nitrogens with zero attached hydrogens (tertiary/aromatic N) is 2. The van der Waals surface area contributed by atoms with Crippen molar-refractivity contribution in [3.8, 4) is 0 Å². The van der Waals surface area contributed by atoms with E-state index in [0.29, 0.717) is 19.1 Å². The van der Waals surface area contributed by atoms with Crippen molar-refractivity contribution in [3.63, 3.8) is 0 Å². The van der Waals surface area contributed by atoms with Gasteiger partial charge < -0.3 is 14.5 Å². The number of ether oxygens (including phenoxy) is 1. The highest BCUT2D eigenvalue weighted by molar-refractivity contribution is 6.30. The third-order valence-corrected chi connectivity index (χ3v) is 6.61. The zero-order chi connectivity index (χ0) is 22.8. The monoisotopic (exact) mass is 454 g/mol. The van der Waals surface area contributed by atoms with Crippen molar-refractivity contribution < 1.29 is 9.53 Å². The minimum absolute atomic E-state index is 0.197. The SMILES string of the molecule is C=CCN(C(=O)OCc1ccccc1)C1CCN(CC[C@H](CC)c2cccc(Cl)c2)CC1. The number of hydrogen-bond acceptors (Lipinski definition) is 3. The minimum atomic E-state index is -0.251. The molecule has 2 aromatic carbocycles. The number of hydrogen-bond donors (Lipinski definition) is 0. The van der Waals surface area contributed by atoms with E-state index in [4.69, 9.17) is 16.3 Å². The van der Waals surface area contributed by atoms with Gasteiger partial charge in [0.25, 0.3) is 0 Å². The Bertz CT molecular complexity index is 850. The van der Waals surface area contributed by atoms with Crippen molar-refractivity contribution >= 4 is 17.7 Å². The molecule has 1 amide bonds. The van der Waals surface area contributed by atoms with Gasteiger partial charge in [-0.25, -0.2) is 4.79 Å². The fourth-order valence-electron chi connectivity index (χ4n) is 4.47. The number of benzene rings is 2. The van der Waals surface area contributed by atoms with Gasteiger partial charge in [0.2, 0.25) is 0 Å². The molecule has 0 bridgehead atoms. The minimum Gasteiger partial charge on any atom is -0.445 e. The van der Waals surface area contributed by atoms with E-state index < -0.39 is 0 Å². The number of likely N-dealkylation sites (tertiary alicyclic amines) is 1. The Hall–Kier alpha value is -2.30. The van der Waals surface area contributed by atoms with Gasteiger partial charge in [-0.3, -0.25) is 0 Å². The molecule has 0 spiro atoms. The fourth-order valence-corrected chi connectivity index (χ4v) is 4.67. The number of piperidine rings is 1. The normalized spacial score (nSPS) is 15.8. The van der Waals surface area contributed by atoms with Crippen molar-refractivity contribution in [3.05, 3.63) is 83.4 Å². The average Bonchev–Trinajstić information content (AvgIpc) is 2.83. The van der Waals surface area contributed by atoms with E-state index in [0.717, 1.165) is 55.9 Å². The molecular weight excluding hydrogens is 420 g/mol. The van der Waals surface area contributed by atoms with Crippen molar-refractivity contribution in [2.24, 2.45) is 0 Å². The van der Waals surface area contributed by atoms with Crippen LogP contribution in [-0.2, 0) is 11.3 Å². The van der Waals surface area contributed by atoms with E-state index >= 15 is 0 Å². The van der Waals surface area contributed by atoms with Gasteiger partial charge in [-0.1, -0.05) is 67.1 Å². The topological polar surface area (TPSA) is 32.8 Å². The highest BCUT2D eigenvalue weighted by Gasteiger charge is 2.28. The summed E-state index contributed by atoms with van der Waals surface area (Å²) in [4.78, 5) is 17.1. The number of amides is 1. The zero-order valence-electron chi connectivity index (χ0n) is 19.1. The first-order valence-electron chi connectivity index (χ1n) is 11.7. The predicted molar refractivity (Wildman–Crippen MR) is 132 cm³/mol. The Morgan fingerprint density at radius 3 is 2.62 bits per heavy atom. The van der Waals surface area contributed by atoms with Gasteiger partial charge in [0.15, 0.2) is 0 Å². The molecule has 4 nitrogen and oxygen atoms in total. The first kappa shape index (κ1) is 24.3. The molecule has 32 heavy (non-hydrogen) atoms. The van der Waals surface area contributed by atoms with Crippen molar-refractivity contribution in [1.29, 1.82) is 0 Å². The van der Waals surface area contributed by atoms with Crippen LogP contribution in [0.15, 0.2) is 67.3 Å². The highest BCUT2D eigenvalue weighted by atomic mass is 35.5. The van der Waals surface area contributed by atoms with E-state index in [1.54, 1.807) is 6.08 Å². The summed E-state index contributed by atoms with van der Waals surface area (Å²) >= 11 is 6.19. The molecule has 172 valence electrons. The maximum absolute atomic E-state index is 12.8. The van der Waals surface area contributed by atoms with Gasteiger partial charge in [0, 0.05) is 30.7 Å². The van der Waals surface area contributed by atoms with Gasteiger partial charge in [0.1, 0.15) is 6.61 Å². The molecule has 5 heteroatoms. The van der Waals surface area contributed by atoms with Crippen LogP contribution in [0, 0.1) is 0 Å². The third-order valence-electron chi connectivity index (χ3n) is 6.37. The molecular formula is C27H35ClN2O2. The number of rotatable bonds is 10. The van der Waals surface area contributed by atoms with E-state index in [-0.39, 0.29) is 12.1 Å². The van der Waals surface area contributed by atoms with Crippen LogP contribution in [0.25, 0.3) is 0 Å². The first-order chi connectivity index (χ1) is 15.6. The Morgan fingerprint density at radius 2 is 1.97 bits per heavy atom. The second kappa shape index (κ2) is 12.7. The summed E-state index contributed by atoms with van der Waals surface area (Å²) < 4.78 is 5.59. The fraction of sp³-hybridized carbons (Fsp3) is 0.444. The van der Waals surface area contributed by atoms with E-state index in [2.05, 4.69) is 30.5 Å². The second-order valence-electron chi connectivity index (χ2n) is 8.50. The summed E-state index contributed by atoms with van der Waals surface area (Å²) in [5.74, 6) is 0.525. The molecule has 1 aliphatic rings. The van der Waals surface area contributed by atoms with Crippen LogP contribution in [0.4, 0.5) is 4.79 Å². The predicted octanol–water partition coefficient (Wildman–Crippen LogP) is 6.51. The molecule has 0 N–H and O–H groups in total. The van der Waals surface area contributed by atoms with Crippen LogP contribution < -0.4 is 0 Å². The third kappa shape index (κ3) is 7.11. The van der Waals surface area contributed by atoms with E-state index in [9.17, 15) is 4.79 Å².